The molecule has 0 saturated carbocycles. The van der Waals surface area contributed by atoms with Crippen molar-refractivity contribution in [1.82, 2.24) is 0 Å². The fourth-order valence-corrected chi connectivity index (χ4v) is 3.28. The van der Waals surface area contributed by atoms with Gasteiger partial charge in [-0.3, -0.25) is 0 Å². The molecule has 1 aliphatic rings. The van der Waals surface area contributed by atoms with E-state index in [0.717, 1.165) is 0 Å². The van der Waals surface area contributed by atoms with E-state index in [1.54, 1.807) is 32.0 Å². The summed E-state index contributed by atoms with van der Waals surface area (Å²) < 4.78 is 37.1. The molecule has 0 bridgehead atoms. The number of halogens is 2. The van der Waals surface area contributed by atoms with E-state index in [2.05, 4.69) is 10.8 Å². The van der Waals surface area contributed by atoms with E-state index >= 15 is 0 Å². The van der Waals surface area contributed by atoms with Gasteiger partial charge in [-0.05, 0) is 37.6 Å². The summed E-state index contributed by atoms with van der Waals surface area (Å²) in [4.78, 5) is 0. The molecular weight excluding hydrogens is 342 g/mol. The van der Waals surface area contributed by atoms with Gasteiger partial charge in [-0.2, -0.15) is 5.26 Å². The molecule has 0 fully saturated rings. The highest BCUT2D eigenvalue weighted by Gasteiger charge is 2.37. The predicted molar refractivity (Wildman–Crippen MR) is 96.3 cm³/mol. The van der Waals surface area contributed by atoms with Crippen LogP contribution in [0.4, 0.5) is 14.5 Å². The molecule has 1 N–H and O–H groups in total. The van der Waals surface area contributed by atoms with Crippen molar-refractivity contribution in [2.45, 2.75) is 19.4 Å². The highest BCUT2D eigenvalue weighted by atomic mass is 32.2. The van der Waals surface area contributed by atoms with Crippen LogP contribution in [0.5, 0.6) is 5.75 Å². The Hall–Kier alpha value is -2.52. The molecular formula is C19H16F2N2OS. The topological polar surface area (TPSA) is 45.0 Å². The summed E-state index contributed by atoms with van der Waals surface area (Å²) in [5.41, 5.74) is 1.15. The van der Waals surface area contributed by atoms with E-state index in [0.29, 0.717) is 28.1 Å². The third kappa shape index (κ3) is 3.08. The molecule has 1 aliphatic heterocycles. The van der Waals surface area contributed by atoms with Crippen LogP contribution in [-0.4, -0.2) is 11.9 Å². The number of nitrogens with zero attached hydrogens (tertiary/aromatic N) is 1. The second-order valence-corrected chi connectivity index (χ2v) is 6.73. The van der Waals surface area contributed by atoms with Gasteiger partial charge in [0.25, 0.3) is 0 Å². The van der Waals surface area contributed by atoms with Gasteiger partial charge in [0.1, 0.15) is 23.0 Å². The average Bonchev–Trinajstić information content (AvgIpc) is 2.53. The number of fused-ring (bicyclic) bond motifs is 1. The minimum absolute atomic E-state index is 0.217. The Balaban J connectivity index is 2.31. The van der Waals surface area contributed by atoms with Gasteiger partial charge in [0.15, 0.2) is 0 Å². The summed E-state index contributed by atoms with van der Waals surface area (Å²) in [5.74, 6) is -0.550. The average molecular weight is 358 g/mol. The van der Waals surface area contributed by atoms with Crippen molar-refractivity contribution in [3.8, 4) is 11.8 Å². The quantitative estimate of drug-likeness (QED) is 0.771. The standard InChI is InChI=1S/C19H16F2N2OS/c1-19(2)14(10-22)17(11-4-6-12(20)7-5-11)18-15(21)8-13(23-25-3)9-16(18)24-19/h4-9,23H,1-3H3. The first kappa shape index (κ1) is 17.3. The zero-order valence-electron chi connectivity index (χ0n) is 14.0. The lowest BCUT2D eigenvalue weighted by atomic mass is 9.83. The fourth-order valence-electron chi connectivity index (χ4n) is 2.93. The first-order chi connectivity index (χ1) is 11.9. The number of anilines is 1. The van der Waals surface area contributed by atoms with E-state index < -0.39 is 17.2 Å². The zero-order chi connectivity index (χ0) is 18.2. The maximum atomic E-state index is 14.9. The minimum atomic E-state index is -0.935. The Morgan fingerprint density at radius 2 is 1.84 bits per heavy atom. The smallest absolute Gasteiger partial charge is 0.139 e. The number of ether oxygens (including phenoxy) is 1. The third-order valence-electron chi connectivity index (χ3n) is 3.99. The molecule has 0 aliphatic carbocycles. The molecule has 0 amide bonds. The number of rotatable bonds is 3. The number of hydrogen-bond acceptors (Lipinski definition) is 4. The molecule has 6 heteroatoms. The monoisotopic (exact) mass is 358 g/mol. The van der Waals surface area contributed by atoms with Crippen molar-refractivity contribution in [3.05, 3.63) is 64.7 Å². The molecule has 0 radical (unpaired) electrons. The number of benzene rings is 2. The Kier molecular flexibility index (Phi) is 4.44. The van der Waals surface area contributed by atoms with Crippen LogP contribution in [0.25, 0.3) is 5.57 Å². The number of nitriles is 1. The van der Waals surface area contributed by atoms with Crippen molar-refractivity contribution >= 4 is 23.2 Å². The van der Waals surface area contributed by atoms with Gasteiger partial charge in [-0.15, -0.1) is 0 Å². The molecule has 2 aromatic rings. The van der Waals surface area contributed by atoms with E-state index in [1.165, 1.54) is 30.1 Å². The second-order valence-electron chi connectivity index (χ2n) is 6.12. The molecule has 0 atom stereocenters. The van der Waals surface area contributed by atoms with Crippen LogP contribution < -0.4 is 9.46 Å². The predicted octanol–water partition coefficient (Wildman–Crippen LogP) is 5.15. The SMILES string of the molecule is CSNc1cc(F)c2c(c1)OC(C)(C)C(C#N)=C2c1ccc(F)cc1. The third-order valence-corrected chi connectivity index (χ3v) is 4.43. The van der Waals surface area contributed by atoms with E-state index in [4.69, 9.17) is 4.74 Å². The molecule has 0 unspecified atom stereocenters. The normalized spacial score (nSPS) is 15.2. The van der Waals surface area contributed by atoms with Crippen LogP contribution in [0.1, 0.15) is 25.0 Å². The summed E-state index contributed by atoms with van der Waals surface area (Å²) >= 11 is 1.34. The Labute approximate surface area is 149 Å². The van der Waals surface area contributed by atoms with Gasteiger partial charge in [0.05, 0.1) is 22.9 Å². The largest absolute Gasteiger partial charge is 0.482 e. The lowest BCUT2D eigenvalue weighted by molar-refractivity contribution is 0.149. The van der Waals surface area contributed by atoms with Crippen LogP contribution in [0.2, 0.25) is 0 Å². The van der Waals surface area contributed by atoms with Crippen molar-refractivity contribution in [3.63, 3.8) is 0 Å². The lowest BCUT2D eigenvalue weighted by Crippen LogP contribution is -2.34. The first-order valence-electron chi connectivity index (χ1n) is 7.60. The molecule has 25 heavy (non-hydrogen) atoms. The summed E-state index contributed by atoms with van der Waals surface area (Å²) in [6.45, 7) is 3.51. The lowest BCUT2D eigenvalue weighted by Gasteiger charge is -2.34. The van der Waals surface area contributed by atoms with Gasteiger partial charge < -0.3 is 9.46 Å². The molecule has 1 heterocycles. The van der Waals surface area contributed by atoms with Crippen molar-refractivity contribution in [2.75, 3.05) is 11.0 Å². The molecule has 3 rings (SSSR count). The van der Waals surface area contributed by atoms with Crippen LogP contribution >= 0.6 is 11.9 Å². The number of hydrogen-bond donors (Lipinski definition) is 1. The Morgan fingerprint density at radius 3 is 2.44 bits per heavy atom. The maximum absolute atomic E-state index is 14.9. The van der Waals surface area contributed by atoms with Gasteiger partial charge in [0.2, 0.25) is 0 Å². The summed E-state index contributed by atoms with van der Waals surface area (Å²) in [7, 11) is 0. The van der Waals surface area contributed by atoms with E-state index in [1.807, 2.05) is 6.26 Å². The van der Waals surface area contributed by atoms with E-state index in [9.17, 15) is 14.0 Å². The minimum Gasteiger partial charge on any atom is -0.482 e. The molecule has 0 spiro atoms. The van der Waals surface area contributed by atoms with Crippen LogP contribution in [0.15, 0.2) is 42.0 Å². The van der Waals surface area contributed by atoms with Crippen molar-refractivity contribution < 1.29 is 13.5 Å². The van der Waals surface area contributed by atoms with Crippen LogP contribution in [-0.2, 0) is 0 Å². The molecule has 0 aromatic heterocycles. The Morgan fingerprint density at radius 1 is 1.16 bits per heavy atom. The van der Waals surface area contributed by atoms with Gasteiger partial charge in [-0.1, -0.05) is 24.1 Å². The van der Waals surface area contributed by atoms with Gasteiger partial charge >= 0.3 is 0 Å². The highest BCUT2D eigenvalue weighted by Crippen LogP contribution is 2.46. The van der Waals surface area contributed by atoms with Crippen molar-refractivity contribution in [2.24, 2.45) is 0 Å². The van der Waals surface area contributed by atoms with Crippen LogP contribution in [0, 0.1) is 23.0 Å². The van der Waals surface area contributed by atoms with E-state index in [-0.39, 0.29) is 5.56 Å². The number of nitrogens with one attached hydrogen (secondary N) is 1. The molecule has 128 valence electrons. The molecule has 2 aromatic carbocycles. The first-order valence-corrected chi connectivity index (χ1v) is 8.82. The fraction of sp³-hybridized carbons (Fsp3) is 0.211. The van der Waals surface area contributed by atoms with Gasteiger partial charge in [-0.25, -0.2) is 8.78 Å². The van der Waals surface area contributed by atoms with Crippen molar-refractivity contribution in [1.29, 1.82) is 5.26 Å². The molecule has 3 nitrogen and oxygen atoms in total. The molecule has 0 saturated heterocycles. The summed E-state index contributed by atoms with van der Waals surface area (Å²) in [6, 6.07) is 10.9. The maximum Gasteiger partial charge on any atom is 0.139 e. The highest BCUT2D eigenvalue weighted by molar-refractivity contribution is 7.99. The summed E-state index contributed by atoms with van der Waals surface area (Å²) in [6.07, 6.45) is 1.83. The summed E-state index contributed by atoms with van der Waals surface area (Å²) in [5, 5.41) is 9.67. The second kappa shape index (κ2) is 6.41. The Bertz CT molecular complexity index is 899. The van der Waals surface area contributed by atoms with Gasteiger partial charge in [0, 0.05) is 17.9 Å². The zero-order valence-corrected chi connectivity index (χ0v) is 14.8. The van der Waals surface area contributed by atoms with Crippen LogP contribution in [0.3, 0.4) is 0 Å².